The van der Waals surface area contributed by atoms with Gasteiger partial charge in [0.1, 0.15) is 10.6 Å². The molecule has 0 aliphatic carbocycles. The summed E-state index contributed by atoms with van der Waals surface area (Å²) in [4.78, 5) is 23.2. The van der Waals surface area contributed by atoms with Crippen LogP contribution in [0.1, 0.15) is 23.3 Å². The highest BCUT2D eigenvalue weighted by Crippen LogP contribution is 2.41. The predicted molar refractivity (Wildman–Crippen MR) is 85.8 cm³/mol. The molecular formula is C16H17N3O2S. The fourth-order valence-electron chi connectivity index (χ4n) is 3.06. The van der Waals surface area contributed by atoms with E-state index in [2.05, 4.69) is 9.97 Å². The molecule has 0 atom stereocenters. The number of hydrogen-bond acceptors (Lipinski definition) is 5. The van der Waals surface area contributed by atoms with Gasteiger partial charge in [0.15, 0.2) is 0 Å². The van der Waals surface area contributed by atoms with Gasteiger partial charge in [0.2, 0.25) is 0 Å². The predicted octanol–water partition coefficient (Wildman–Crippen LogP) is 2.33. The Kier molecular flexibility index (Phi) is 3.50. The van der Waals surface area contributed by atoms with E-state index in [1.807, 2.05) is 40.9 Å². The summed E-state index contributed by atoms with van der Waals surface area (Å²) in [5.74, 6) is 1.03. The largest absolute Gasteiger partial charge is 0.363 e. The Hall–Kier alpha value is -1.66. The Morgan fingerprint density at radius 3 is 2.73 bits per heavy atom. The Labute approximate surface area is 133 Å². The summed E-state index contributed by atoms with van der Waals surface area (Å²) in [5, 5.41) is 0. The fraction of sp³-hybridized carbons (Fsp3) is 0.438. The zero-order valence-corrected chi connectivity index (χ0v) is 13.0. The minimum atomic E-state index is -0.0498. The lowest BCUT2D eigenvalue weighted by Gasteiger charge is -2.37. The summed E-state index contributed by atoms with van der Waals surface area (Å²) < 4.78 is 5.87. The summed E-state index contributed by atoms with van der Waals surface area (Å²) in [7, 11) is 0. The maximum atomic E-state index is 12.6. The zero-order chi connectivity index (χ0) is 15.0. The average molecular weight is 315 g/mol. The molecule has 2 saturated heterocycles. The average Bonchev–Trinajstić information content (AvgIpc) is 3.02. The molecule has 5 nitrogen and oxygen atoms in total. The van der Waals surface area contributed by atoms with Crippen LogP contribution in [0.25, 0.3) is 11.0 Å². The second-order valence-corrected chi connectivity index (χ2v) is 7.08. The van der Waals surface area contributed by atoms with Gasteiger partial charge in [0.05, 0.1) is 23.8 Å². The van der Waals surface area contributed by atoms with Gasteiger partial charge in [0.25, 0.3) is 5.91 Å². The summed E-state index contributed by atoms with van der Waals surface area (Å²) in [6, 6.07) is 7.61. The third-order valence-electron chi connectivity index (χ3n) is 4.29. The van der Waals surface area contributed by atoms with E-state index in [0.29, 0.717) is 5.69 Å². The van der Waals surface area contributed by atoms with Crippen molar-refractivity contribution in [1.29, 1.82) is 0 Å². The molecule has 1 aromatic heterocycles. The van der Waals surface area contributed by atoms with Crippen molar-refractivity contribution < 1.29 is 9.53 Å². The molecule has 6 heteroatoms. The van der Waals surface area contributed by atoms with E-state index < -0.39 is 0 Å². The maximum Gasteiger partial charge on any atom is 0.274 e. The van der Waals surface area contributed by atoms with Crippen LogP contribution in [0.15, 0.2) is 30.5 Å². The van der Waals surface area contributed by atoms with E-state index in [0.717, 1.165) is 49.3 Å². The van der Waals surface area contributed by atoms with E-state index in [-0.39, 0.29) is 10.8 Å². The van der Waals surface area contributed by atoms with Gasteiger partial charge in [-0.15, -0.1) is 11.8 Å². The molecule has 0 N–H and O–H groups in total. The minimum absolute atomic E-state index is 0.0314. The number of fused-ring (bicyclic) bond motifs is 1. The quantitative estimate of drug-likeness (QED) is 0.808. The van der Waals surface area contributed by atoms with Crippen LogP contribution in [-0.2, 0) is 4.74 Å². The van der Waals surface area contributed by atoms with Crippen molar-refractivity contribution >= 4 is 28.7 Å². The number of thioether (sulfide) groups is 1. The van der Waals surface area contributed by atoms with Crippen LogP contribution in [-0.4, -0.2) is 51.2 Å². The van der Waals surface area contributed by atoms with Crippen LogP contribution < -0.4 is 0 Å². The summed E-state index contributed by atoms with van der Waals surface area (Å²) >= 11 is 1.89. The molecule has 0 unspecified atom stereocenters. The summed E-state index contributed by atoms with van der Waals surface area (Å²) in [6.45, 7) is 2.27. The first-order valence-corrected chi connectivity index (χ1v) is 8.53. The van der Waals surface area contributed by atoms with Crippen molar-refractivity contribution in [1.82, 2.24) is 14.9 Å². The van der Waals surface area contributed by atoms with Gasteiger partial charge >= 0.3 is 0 Å². The van der Waals surface area contributed by atoms with Crippen molar-refractivity contribution in [3.63, 3.8) is 0 Å². The third kappa shape index (κ3) is 2.46. The molecule has 0 bridgehead atoms. The fourth-order valence-corrected chi connectivity index (χ4v) is 4.24. The highest BCUT2D eigenvalue weighted by atomic mass is 32.2. The molecule has 2 aliphatic heterocycles. The monoisotopic (exact) mass is 315 g/mol. The molecule has 1 amide bonds. The molecule has 114 valence electrons. The maximum absolute atomic E-state index is 12.6. The molecule has 2 aromatic rings. The number of carbonyl (C=O) groups is 1. The lowest BCUT2D eigenvalue weighted by Crippen LogP contribution is -2.45. The highest BCUT2D eigenvalue weighted by Gasteiger charge is 2.40. The van der Waals surface area contributed by atoms with Gasteiger partial charge in [-0.3, -0.25) is 9.78 Å². The SMILES string of the molecule is O=C(c1cnc2ccccc2n1)N1CCC2(CC1)OCCS2. The normalized spacial score (nSPS) is 20.6. The number of hydrogen-bond donors (Lipinski definition) is 0. The van der Waals surface area contributed by atoms with Crippen molar-refractivity contribution in [2.75, 3.05) is 25.4 Å². The van der Waals surface area contributed by atoms with Crippen LogP contribution >= 0.6 is 11.8 Å². The molecule has 2 fully saturated rings. The van der Waals surface area contributed by atoms with Gasteiger partial charge in [-0.2, -0.15) is 0 Å². The van der Waals surface area contributed by atoms with Crippen LogP contribution in [0.2, 0.25) is 0 Å². The minimum Gasteiger partial charge on any atom is -0.363 e. The molecule has 22 heavy (non-hydrogen) atoms. The van der Waals surface area contributed by atoms with Crippen LogP contribution in [0.3, 0.4) is 0 Å². The van der Waals surface area contributed by atoms with Crippen molar-refractivity contribution in [3.05, 3.63) is 36.2 Å². The third-order valence-corrected chi connectivity index (χ3v) is 5.72. The number of amides is 1. The number of ether oxygens (including phenoxy) is 1. The molecule has 0 saturated carbocycles. The first-order valence-electron chi connectivity index (χ1n) is 7.55. The molecule has 0 radical (unpaired) electrons. The first kappa shape index (κ1) is 14.0. The van der Waals surface area contributed by atoms with Crippen LogP contribution in [0.5, 0.6) is 0 Å². The highest BCUT2D eigenvalue weighted by molar-refractivity contribution is 8.00. The van der Waals surface area contributed by atoms with Gasteiger partial charge in [-0.25, -0.2) is 4.98 Å². The number of para-hydroxylation sites is 2. The summed E-state index contributed by atoms with van der Waals surface area (Å²) in [5.41, 5.74) is 2.00. The number of aromatic nitrogens is 2. The Morgan fingerprint density at radius 2 is 2.00 bits per heavy atom. The standard InChI is InChI=1S/C16H17N3O2S/c20-15(14-11-17-12-3-1-2-4-13(12)18-14)19-7-5-16(6-8-19)21-9-10-22-16/h1-4,11H,5-10H2. The number of nitrogens with zero attached hydrogens (tertiary/aromatic N) is 3. The van der Waals surface area contributed by atoms with Crippen molar-refractivity contribution in [2.45, 2.75) is 17.8 Å². The van der Waals surface area contributed by atoms with E-state index in [1.54, 1.807) is 6.20 Å². The van der Waals surface area contributed by atoms with Crippen LogP contribution in [0, 0.1) is 0 Å². The molecule has 4 rings (SSSR count). The number of benzene rings is 1. The van der Waals surface area contributed by atoms with Gasteiger partial charge < -0.3 is 9.64 Å². The molecular weight excluding hydrogens is 298 g/mol. The zero-order valence-electron chi connectivity index (χ0n) is 12.2. The van der Waals surface area contributed by atoms with E-state index in [4.69, 9.17) is 4.74 Å². The number of piperidine rings is 1. The number of carbonyl (C=O) groups excluding carboxylic acids is 1. The van der Waals surface area contributed by atoms with Crippen molar-refractivity contribution in [3.8, 4) is 0 Å². The second kappa shape index (κ2) is 5.52. The van der Waals surface area contributed by atoms with Gasteiger partial charge in [-0.05, 0) is 12.1 Å². The molecule has 1 aromatic carbocycles. The number of likely N-dealkylation sites (tertiary alicyclic amines) is 1. The van der Waals surface area contributed by atoms with Crippen LogP contribution in [0.4, 0.5) is 0 Å². The van der Waals surface area contributed by atoms with E-state index in [1.165, 1.54) is 0 Å². The molecule has 2 aliphatic rings. The Balaban J connectivity index is 1.51. The Morgan fingerprint density at radius 1 is 1.23 bits per heavy atom. The topological polar surface area (TPSA) is 55.3 Å². The first-order chi connectivity index (χ1) is 10.8. The lowest BCUT2D eigenvalue weighted by atomic mass is 10.1. The molecule has 1 spiro atoms. The number of rotatable bonds is 1. The van der Waals surface area contributed by atoms with E-state index in [9.17, 15) is 4.79 Å². The van der Waals surface area contributed by atoms with E-state index >= 15 is 0 Å². The van der Waals surface area contributed by atoms with Gasteiger partial charge in [-0.1, -0.05) is 12.1 Å². The summed E-state index contributed by atoms with van der Waals surface area (Å²) in [6.07, 6.45) is 3.37. The Bertz CT molecular complexity index is 705. The lowest BCUT2D eigenvalue weighted by molar-refractivity contribution is 0.00337. The smallest absolute Gasteiger partial charge is 0.274 e. The second-order valence-electron chi connectivity index (χ2n) is 5.64. The molecule has 3 heterocycles. The van der Waals surface area contributed by atoms with Crippen molar-refractivity contribution in [2.24, 2.45) is 0 Å². The van der Waals surface area contributed by atoms with Gasteiger partial charge in [0, 0.05) is 31.7 Å².